The van der Waals surface area contributed by atoms with Crippen molar-refractivity contribution in [2.75, 3.05) is 20.8 Å². The van der Waals surface area contributed by atoms with Crippen molar-refractivity contribution in [2.45, 2.75) is 20.4 Å². The Balaban J connectivity index is 1.89. The number of benzene rings is 2. The molecule has 0 radical (unpaired) electrons. The number of amides is 1. The molecule has 0 fully saturated rings. The third-order valence-electron chi connectivity index (χ3n) is 5.18. The highest BCUT2D eigenvalue weighted by Crippen LogP contribution is 2.34. The van der Waals surface area contributed by atoms with E-state index < -0.39 is 11.9 Å². The van der Waals surface area contributed by atoms with Gasteiger partial charge in [0.15, 0.2) is 16.3 Å². The number of nitrogens with zero attached hydrogens (tertiary/aromatic N) is 3. The fraction of sp³-hybridized carbons (Fsp3) is 0.250. The summed E-state index contributed by atoms with van der Waals surface area (Å²) in [4.78, 5) is 30.4. The monoisotopic (exact) mass is 515 g/mol. The molecule has 182 valence electrons. The number of aromatic nitrogens is 2. The second kappa shape index (κ2) is 10.3. The van der Waals surface area contributed by atoms with Crippen LogP contribution < -0.4 is 14.3 Å². The number of carbonyl (C=O) groups excluding carboxylic acids is 2. The molecular weight excluding hydrogens is 494 g/mol. The molecule has 11 heteroatoms. The first kappa shape index (κ1) is 24.5. The summed E-state index contributed by atoms with van der Waals surface area (Å²) in [7, 11) is 3.05. The van der Waals surface area contributed by atoms with Gasteiger partial charge in [0.05, 0.1) is 36.1 Å². The number of aryl methyl sites for hydroxylation is 1. The van der Waals surface area contributed by atoms with Crippen LogP contribution in [0.25, 0.3) is 21.5 Å². The molecule has 0 bridgehead atoms. The largest absolute Gasteiger partial charge is 0.493 e. The zero-order chi connectivity index (χ0) is 25.1. The van der Waals surface area contributed by atoms with Crippen LogP contribution in [0.1, 0.15) is 23.0 Å². The smallest absolute Gasteiger partial charge is 0.326 e. The van der Waals surface area contributed by atoms with Crippen LogP contribution in [0.15, 0.2) is 45.9 Å². The van der Waals surface area contributed by atoms with E-state index in [4.69, 9.17) is 30.3 Å². The van der Waals surface area contributed by atoms with E-state index in [0.717, 1.165) is 4.70 Å². The first-order valence-corrected chi connectivity index (χ1v) is 11.8. The number of thiazole rings is 1. The molecule has 2 heterocycles. The second-order valence-electron chi connectivity index (χ2n) is 7.31. The molecular formula is C24H22ClN3O6S. The summed E-state index contributed by atoms with van der Waals surface area (Å²) in [6, 6.07) is 10.5. The van der Waals surface area contributed by atoms with Crippen molar-refractivity contribution >= 4 is 45.0 Å². The number of methoxy groups -OCH3 is 2. The molecule has 4 rings (SSSR count). The normalized spacial score (nSPS) is 11.6. The number of ether oxygens (including phenoxy) is 3. The van der Waals surface area contributed by atoms with Gasteiger partial charge in [0, 0.05) is 17.7 Å². The van der Waals surface area contributed by atoms with Crippen molar-refractivity contribution in [1.29, 1.82) is 0 Å². The molecule has 0 aliphatic carbocycles. The van der Waals surface area contributed by atoms with E-state index in [1.54, 1.807) is 54.8 Å². The van der Waals surface area contributed by atoms with Crippen LogP contribution in [0.2, 0.25) is 5.02 Å². The molecule has 0 unspecified atom stereocenters. The Bertz CT molecular complexity index is 1490. The van der Waals surface area contributed by atoms with Crippen LogP contribution in [-0.2, 0) is 16.1 Å². The standard InChI is InChI=1S/C24H22ClN3O6S/c1-5-33-20(29)12-28-16-10-17(31-3)18(32-4)11-19(16)35-24(28)26-23(30)21-13(2)34-27-22(21)14-8-6-7-9-15(14)25/h6-11H,5,12H2,1-4H3. The van der Waals surface area contributed by atoms with Crippen LogP contribution in [0.3, 0.4) is 0 Å². The fourth-order valence-electron chi connectivity index (χ4n) is 3.57. The van der Waals surface area contributed by atoms with Gasteiger partial charge in [0.1, 0.15) is 23.6 Å². The summed E-state index contributed by atoms with van der Waals surface area (Å²) >= 11 is 7.55. The van der Waals surface area contributed by atoms with Gasteiger partial charge in [0.25, 0.3) is 5.91 Å². The second-order valence-corrected chi connectivity index (χ2v) is 8.73. The molecule has 2 aromatic carbocycles. The van der Waals surface area contributed by atoms with Gasteiger partial charge in [-0.05, 0) is 19.9 Å². The minimum atomic E-state index is -0.582. The van der Waals surface area contributed by atoms with Crippen molar-refractivity contribution in [2.24, 2.45) is 4.99 Å². The predicted molar refractivity (Wildman–Crippen MR) is 131 cm³/mol. The lowest BCUT2D eigenvalue weighted by molar-refractivity contribution is -0.143. The van der Waals surface area contributed by atoms with Crippen LogP contribution >= 0.6 is 22.9 Å². The van der Waals surface area contributed by atoms with E-state index in [0.29, 0.717) is 43.9 Å². The maximum absolute atomic E-state index is 13.4. The minimum Gasteiger partial charge on any atom is -0.493 e. The van der Waals surface area contributed by atoms with Gasteiger partial charge in [-0.15, -0.1) is 0 Å². The highest BCUT2D eigenvalue weighted by Gasteiger charge is 2.24. The number of carbonyl (C=O) groups is 2. The first-order chi connectivity index (χ1) is 16.9. The van der Waals surface area contributed by atoms with Crippen molar-refractivity contribution in [3.05, 3.63) is 57.5 Å². The van der Waals surface area contributed by atoms with Crippen molar-refractivity contribution in [3.8, 4) is 22.8 Å². The highest BCUT2D eigenvalue weighted by atomic mass is 35.5. The van der Waals surface area contributed by atoms with E-state index in [2.05, 4.69) is 10.1 Å². The molecule has 0 N–H and O–H groups in total. The zero-order valence-corrected chi connectivity index (χ0v) is 21.0. The van der Waals surface area contributed by atoms with Crippen LogP contribution in [0, 0.1) is 6.92 Å². The number of rotatable bonds is 7. The summed E-state index contributed by atoms with van der Waals surface area (Å²) in [5, 5.41) is 4.47. The Labute approximate surface area is 209 Å². The molecule has 0 saturated carbocycles. The van der Waals surface area contributed by atoms with Crippen LogP contribution in [0.5, 0.6) is 11.5 Å². The Morgan fingerprint density at radius 3 is 2.57 bits per heavy atom. The highest BCUT2D eigenvalue weighted by molar-refractivity contribution is 7.16. The topological polar surface area (TPSA) is 105 Å². The molecule has 0 atom stereocenters. The molecule has 0 spiro atoms. The molecule has 2 aromatic heterocycles. The van der Waals surface area contributed by atoms with Gasteiger partial charge in [-0.25, -0.2) is 0 Å². The third-order valence-corrected chi connectivity index (χ3v) is 6.55. The summed E-state index contributed by atoms with van der Waals surface area (Å²) in [6.45, 7) is 3.44. The van der Waals surface area contributed by atoms with Gasteiger partial charge in [-0.1, -0.05) is 46.3 Å². The summed E-state index contributed by atoms with van der Waals surface area (Å²) < 4.78 is 23.6. The number of fused-ring (bicyclic) bond motifs is 1. The van der Waals surface area contributed by atoms with Crippen molar-refractivity contribution in [1.82, 2.24) is 9.72 Å². The van der Waals surface area contributed by atoms with E-state index in [1.165, 1.54) is 25.6 Å². The van der Waals surface area contributed by atoms with Gasteiger partial charge < -0.3 is 23.3 Å². The number of halogens is 1. The SMILES string of the molecule is CCOC(=O)Cn1c(=NC(=O)c2c(-c3ccccc3Cl)noc2C)sc2cc(OC)c(OC)cc21. The first-order valence-electron chi connectivity index (χ1n) is 10.6. The van der Waals surface area contributed by atoms with Crippen LogP contribution in [0.4, 0.5) is 0 Å². The Hall–Kier alpha value is -3.63. The van der Waals surface area contributed by atoms with E-state index in [9.17, 15) is 9.59 Å². The third kappa shape index (κ3) is 4.80. The van der Waals surface area contributed by atoms with E-state index in [-0.39, 0.29) is 18.7 Å². The lowest BCUT2D eigenvalue weighted by atomic mass is 10.1. The summed E-state index contributed by atoms with van der Waals surface area (Å²) in [5.41, 5.74) is 1.67. The fourth-order valence-corrected chi connectivity index (χ4v) is 4.84. The number of esters is 1. The van der Waals surface area contributed by atoms with Crippen molar-refractivity contribution in [3.63, 3.8) is 0 Å². The summed E-state index contributed by atoms with van der Waals surface area (Å²) in [6.07, 6.45) is 0. The van der Waals surface area contributed by atoms with Gasteiger partial charge >= 0.3 is 5.97 Å². The molecule has 1 amide bonds. The Morgan fingerprint density at radius 2 is 1.89 bits per heavy atom. The predicted octanol–water partition coefficient (Wildman–Crippen LogP) is 4.64. The van der Waals surface area contributed by atoms with Gasteiger partial charge in [-0.3, -0.25) is 9.59 Å². The number of hydrogen-bond donors (Lipinski definition) is 0. The molecule has 9 nitrogen and oxygen atoms in total. The Morgan fingerprint density at radius 1 is 1.17 bits per heavy atom. The van der Waals surface area contributed by atoms with Crippen LogP contribution in [-0.4, -0.2) is 42.4 Å². The van der Waals surface area contributed by atoms with Gasteiger partial charge in [0.2, 0.25) is 0 Å². The van der Waals surface area contributed by atoms with E-state index >= 15 is 0 Å². The average molecular weight is 516 g/mol. The quantitative estimate of drug-likeness (QED) is 0.330. The van der Waals surface area contributed by atoms with Gasteiger partial charge in [-0.2, -0.15) is 4.99 Å². The lowest BCUT2D eigenvalue weighted by Gasteiger charge is -2.09. The summed E-state index contributed by atoms with van der Waals surface area (Å²) in [5.74, 6) is 0.244. The zero-order valence-electron chi connectivity index (χ0n) is 19.5. The molecule has 4 aromatic rings. The maximum Gasteiger partial charge on any atom is 0.326 e. The van der Waals surface area contributed by atoms with Crippen molar-refractivity contribution < 1.29 is 28.3 Å². The maximum atomic E-state index is 13.4. The van der Waals surface area contributed by atoms with E-state index in [1.807, 2.05) is 0 Å². The molecule has 35 heavy (non-hydrogen) atoms. The minimum absolute atomic E-state index is 0.143. The molecule has 0 aliphatic rings. The Kier molecular flexibility index (Phi) is 7.23. The molecule has 0 saturated heterocycles. The average Bonchev–Trinajstić information content (AvgIpc) is 3.38. The lowest BCUT2D eigenvalue weighted by Crippen LogP contribution is -2.23. The number of hydrogen-bond acceptors (Lipinski definition) is 8. The molecule has 0 aliphatic heterocycles.